The van der Waals surface area contributed by atoms with Gasteiger partial charge in [-0.25, -0.2) is 9.50 Å². The van der Waals surface area contributed by atoms with E-state index in [0.717, 1.165) is 49.7 Å². The average Bonchev–Trinajstić information content (AvgIpc) is 2.80. The summed E-state index contributed by atoms with van der Waals surface area (Å²) in [5.74, 6) is 2.36. The summed E-state index contributed by atoms with van der Waals surface area (Å²) < 4.78 is 12.3. The average molecular weight is 247 g/mol. The molecule has 1 aliphatic rings. The van der Waals surface area contributed by atoms with Gasteiger partial charge in [0.05, 0.1) is 13.3 Å². The van der Waals surface area contributed by atoms with E-state index in [0.29, 0.717) is 5.92 Å². The highest BCUT2D eigenvalue weighted by Crippen LogP contribution is 2.19. The van der Waals surface area contributed by atoms with Crippen molar-refractivity contribution < 1.29 is 9.47 Å². The number of methoxy groups -OCH3 is 1. The summed E-state index contributed by atoms with van der Waals surface area (Å²) in [4.78, 5) is 4.54. The Hall–Kier alpha value is -1.62. The molecule has 0 spiro atoms. The highest BCUT2D eigenvalue weighted by atomic mass is 16.5. The molecule has 0 aliphatic carbocycles. The van der Waals surface area contributed by atoms with Crippen LogP contribution < -0.4 is 4.74 Å². The van der Waals surface area contributed by atoms with Crippen LogP contribution in [-0.4, -0.2) is 34.9 Å². The van der Waals surface area contributed by atoms with Crippen molar-refractivity contribution >= 4 is 5.65 Å². The van der Waals surface area contributed by atoms with Gasteiger partial charge in [0.1, 0.15) is 5.75 Å². The molecule has 2 aromatic heterocycles. The Bertz CT molecular complexity index is 532. The van der Waals surface area contributed by atoms with Crippen LogP contribution >= 0.6 is 0 Å². The van der Waals surface area contributed by atoms with Gasteiger partial charge in [-0.15, -0.1) is 0 Å². The van der Waals surface area contributed by atoms with Crippen LogP contribution in [-0.2, 0) is 11.2 Å². The van der Waals surface area contributed by atoms with Crippen LogP contribution in [0.4, 0.5) is 0 Å². The van der Waals surface area contributed by atoms with E-state index < -0.39 is 0 Å². The fraction of sp³-hybridized carbons (Fsp3) is 0.538. The molecule has 1 fully saturated rings. The van der Waals surface area contributed by atoms with Crippen molar-refractivity contribution in [3.05, 3.63) is 24.2 Å². The molecule has 2 aromatic rings. The Morgan fingerprint density at radius 2 is 2.22 bits per heavy atom. The summed E-state index contributed by atoms with van der Waals surface area (Å²) in [5.41, 5.74) is 0.873. The monoisotopic (exact) mass is 247 g/mol. The second-order valence-electron chi connectivity index (χ2n) is 4.66. The lowest BCUT2D eigenvalue weighted by Crippen LogP contribution is -2.18. The summed E-state index contributed by atoms with van der Waals surface area (Å²) >= 11 is 0. The third-order valence-electron chi connectivity index (χ3n) is 3.40. The van der Waals surface area contributed by atoms with E-state index in [1.54, 1.807) is 11.6 Å². The maximum absolute atomic E-state index is 5.36. The molecule has 3 heterocycles. The molecule has 0 N–H and O–H groups in total. The van der Waals surface area contributed by atoms with Crippen molar-refractivity contribution in [1.29, 1.82) is 0 Å². The molecular weight excluding hydrogens is 230 g/mol. The maximum Gasteiger partial charge on any atom is 0.155 e. The van der Waals surface area contributed by atoms with Crippen LogP contribution in [0, 0.1) is 5.92 Å². The van der Waals surface area contributed by atoms with Crippen LogP contribution in [0.2, 0.25) is 0 Å². The minimum absolute atomic E-state index is 0.651. The Balaban J connectivity index is 1.79. The largest absolute Gasteiger partial charge is 0.495 e. The van der Waals surface area contributed by atoms with Crippen LogP contribution in [0.25, 0.3) is 5.65 Å². The number of rotatable bonds is 3. The summed E-state index contributed by atoms with van der Waals surface area (Å²) in [7, 11) is 1.65. The normalized spacial score (nSPS) is 17.2. The van der Waals surface area contributed by atoms with Crippen LogP contribution in [0.1, 0.15) is 18.7 Å². The summed E-state index contributed by atoms with van der Waals surface area (Å²) in [6.07, 6.45) is 5.01. The Labute approximate surface area is 106 Å². The van der Waals surface area contributed by atoms with Crippen LogP contribution in [0.5, 0.6) is 5.75 Å². The van der Waals surface area contributed by atoms with Gasteiger partial charge in [0.15, 0.2) is 11.5 Å². The van der Waals surface area contributed by atoms with E-state index in [1.165, 1.54) is 0 Å². The number of nitrogens with zero attached hydrogens (tertiary/aromatic N) is 3. The first-order valence-electron chi connectivity index (χ1n) is 6.32. The van der Waals surface area contributed by atoms with E-state index in [9.17, 15) is 0 Å². The van der Waals surface area contributed by atoms with Gasteiger partial charge in [0, 0.05) is 19.6 Å². The standard InChI is InChI=1S/C13H17N3O2/c1-17-11-2-3-13-14-12(15-16(13)9-11)8-10-4-6-18-7-5-10/h2-3,9-10H,4-8H2,1H3. The van der Waals surface area contributed by atoms with Gasteiger partial charge in [0.2, 0.25) is 0 Å². The van der Waals surface area contributed by atoms with E-state index >= 15 is 0 Å². The van der Waals surface area contributed by atoms with Crippen molar-refractivity contribution in [2.24, 2.45) is 5.92 Å². The van der Waals surface area contributed by atoms with Crippen molar-refractivity contribution in [2.45, 2.75) is 19.3 Å². The predicted molar refractivity (Wildman–Crippen MR) is 66.8 cm³/mol. The van der Waals surface area contributed by atoms with Crippen LogP contribution in [0.3, 0.4) is 0 Å². The second-order valence-corrected chi connectivity index (χ2v) is 4.66. The molecule has 0 saturated carbocycles. The van der Waals surface area contributed by atoms with Crippen molar-refractivity contribution in [2.75, 3.05) is 20.3 Å². The van der Waals surface area contributed by atoms with Crippen LogP contribution in [0.15, 0.2) is 18.3 Å². The first-order chi connectivity index (χ1) is 8.85. The fourth-order valence-electron chi connectivity index (χ4n) is 2.33. The third-order valence-corrected chi connectivity index (χ3v) is 3.40. The number of hydrogen-bond acceptors (Lipinski definition) is 4. The first-order valence-corrected chi connectivity index (χ1v) is 6.32. The SMILES string of the molecule is COc1ccc2nc(CC3CCOCC3)nn2c1. The molecule has 0 radical (unpaired) electrons. The van der Waals surface area contributed by atoms with E-state index in [2.05, 4.69) is 10.1 Å². The second kappa shape index (κ2) is 4.94. The van der Waals surface area contributed by atoms with Crippen molar-refractivity contribution in [3.8, 4) is 5.75 Å². The van der Waals surface area contributed by atoms with Gasteiger partial charge >= 0.3 is 0 Å². The Morgan fingerprint density at radius 3 is 3.00 bits per heavy atom. The van der Waals surface area contributed by atoms with Gasteiger partial charge < -0.3 is 9.47 Å². The number of pyridine rings is 1. The summed E-state index contributed by atoms with van der Waals surface area (Å²) in [6, 6.07) is 3.83. The molecule has 0 aromatic carbocycles. The summed E-state index contributed by atoms with van der Waals surface area (Å²) in [5, 5.41) is 4.50. The molecule has 1 saturated heterocycles. The summed E-state index contributed by atoms with van der Waals surface area (Å²) in [6.45, 7) is 1.73. The zero-order chi connectivity index (χ0) is 12.4. The molecule has 1 aliphatic heterocycles. The van der Waals surface area contributed by atoms with E-state index in [1.807, 2.05) is 18.3 Å². The molecule has 5 nitrogen and oxygen atoms in total. The van der Waals surface area contributed by atoms with Gasteiger partial charge in [0.25, 0.3) is 0 Å². The Kier molecular flexibility index (Phi) is 3.15. The lowest BCUT2D eigenvalue weighted by molar-refractivity contribution is 0.0660. The van der Waals surface area contributed by atoms with Gasteiger partial charge in [-0.1, -0.05) is 0 Å². The molecular formula is C13H17N3O2. The molecule has 96 valence electrons. The van der Waals surface area contributed by atoms with Gasteiger partial charge in [-0.05, 0) is 30.9 Å². The molecule has 0 unspecified atom stereocenters. The smallest absolute Gasteiger partial charge is 0.155 e. The minimum Gasteiger partial charge on any atom is -0.495 e. The van der Waals surface area contributed by atoms with Gasteiger partial charge in [-0.3, -0.25) is 0 Å². The molecule has 18 heavy (non-hydrogen) atoms. The molecule has 3 rings (SSSR count). The zero-order valence-corrected chi connectivity index (χ0v) is 10.5. The van der Waals surface area contributed by atoms with E-state index in [-0.39, 0.29) is 0 Å². The number of hydrogen-bond donors (Lipinski definition) is 0. The highest BCUT2D eigenvalue weighted by molar-refractivity contribution is 5.40. The number of fused-ring (bicyclic) bond motifs is 1. The zero-order valence-electron chi connectivity index (χ0n) is 10.5. The predicted octanol–water partition coefficient (Wildman–Crippen LogP) is 1.71. The lowest BCUT2D eigenvalue weighted by Gasteiger charge is -2.20. The first kappa shape index (κ1) is 11.5. The quantitative estimate of drug-likeness (QED) is 0.828. The fourth-order valence-corrected chi connectivity index (χ4v) is 2.33. The minimum atomic E-state index is 0.651. The number of ether oxygens (including phenoxy) is 2. The maximum atomic E-state index is 5.36. The molecule has 0 atom stereocenters. The van der Waals surface area contributed by atoms with E-state index in [4.69, 9.17) is 9.47 Å². The lowest BCUT2D eigenvalue weighted by atomic mass is 9.96. The molecule has 0 amide bonds. The van der Waals surface area contributed by atoms with Gasteiger partial charge in [-0.2, -0.15) is 5.10 Å². The topological polar surface area (TPSA) is 48.7 Å². The Morgan fingerprint density at radius 1 is 1.39 bits per heavy atom. The molecule has 0 bridgehead atoms. The highest BCUT2D eigenvalue weighted by Gasteiger charge is 2.16. The number of aromatic nitrogens is 3. The van der Waals surface area contributed by atoms with Crippen molar-refractivity contribution in [1.82, 2.24) is 14.6 Å². The third kappa shape index (κ3) is 2.31. The van der Waals surface area contributed by atoms with Crippen molar-refractivity contribution in [3.63, 3.8) is 0 Å². The molecule has 5 heteroatoms.